The van der Waals surface area contributed by atoms with Gasteiger partial charge in [0.1, 0.15) is 6.61 Å². The standard InChI is InChI=1S/C18H23N3O3.ClH/c19-12-3-1-11(2-4-12)15-10-17(22)20-16-9-13(5-6-14(15)16)21-7-8-24-18(21)23;/h5-6,9,11-12,15H,1-4,7-8,10,19H2,(H,20,22);1H. The van der Waals surface area contributed by atoms with Crippen molar-refractivity contribution >= 4 is 35.8 Å². The minimum absolute atomic E-state index is 0. The Morgan fingerprint density at radius 3 is 2.60 bits per heavy atom. The predicted octanol–water partition coefficient (Wildman–Crippen LogP) is 3.01. The van der Waals surface area contributed by atoms with E-state index in [0.29, 0.717) is 31.5 Å². The number of cyclic esters (lactones) is 1. The van der Waals surface area contributed by atoms with E-state index >= 15 is 0 Å². The number of nitrogens with two attached hydrogens (primary N) is 1. The van der Waals surface area contributed by atoms with Crippen molar-refractivity contribution in [2.75, 3.05) is 23.4 Å². The SMILES string of the molecule is Cl.NC1CCC(C2CC(=O)Nc3cc(N4CCOC4=O)ccc32)CC1. The van der Waals surface area contributed by atoms with Gasteiger partial charge >= 0.3 is 6.09 Å². The number of carbonyl (C=O) groups excluding carboxylic acids is 2. The number of hydrogen-bond acceptors (Lipinski definition) is 4. The molecule has 7 heteroatoms. The van der Waals surface area contributed by atoms with Gasteiger partial charge in [-0.25, -0.2) is 4.79 Å². The van der Waals surface area contributed by atoms with Crippen LogP contribution in [-0.2, 0) is 9.53 Å². The van der Waals surface area contributed by atoms with Crippen molar-refractivity contribution < 1.29 is 14.3 Å². The van der Waals surface area contributed by atoms with Gasteiger partial charge in [0.2, 0.25) is 5.91 Å². The number of fused-ring (bicyclic) bond motifs is 1. The molecule has 136 valence electrons. The molecule has 1 aromatic rings. The fourth-order valence-corrected chi connectivity index (χ4v) is 4.25. The summed E-state index contributed by atoms with van der Waals surface area (Å²) in [7, 11) is 0. The predicted molar refractivity (Wildman–Crippen MR) is 98.3 cm³/mol. The molecule has 1 unspecified atom stereocenters. The summed E-state index contributed by atoms with van der Waals surface area (Å²) in [5.41, 5.74) is 8.83. The first-order chi connectivity index (χ1) is 11.6. The molecule has 2 heterocycles. The summed E-state index contributed by atoms with van der Waals surface area (Å²) in [4.78, 5) is 25.6. The summed E-state index contributed by atoms with van der Waals surface area (Å²) in [6, 6.07) is 6.24. The molecule has 3 aliphatic rings. The number of carbonyl (C=O) groups is 2. The van der Waals surface area contributed by atoms with Crippen molar-refractivity contribution in [2.24, 2.45) is 11.7 Å². The molecular weight excluding hydrogens is 342 g/mol. The summed E-state index contributed by atoms with van der Waals surface area (Å²) in [6.45, 7) is 0.961. The van der Waals surface area contributed by atoms with Gasteiger partial charge in [0, 0.05) is 23.8 Å². The largest absolute Gasteiger partial charge is 0.447 e. The second kappa shape index (κ2) is 7.22. The van der Waals surface area contributed by atoms with Crippen LogP contribution in [-0.4, -0.2) is 31.2 Å². The van der Waals surface area contributed by atoms with Crippen LogP contribution < -0.4 is 16.0 Å². The van der Waals surface area contributed by atoms with Crippen LogP contribution in [0.1, 0.15) is 43.6 Å². The third-order valence-electron chi connectivity index (χ3n) is 5.57. The van der Waals surface area contributed by atoms with Gasteiger partial charge in [-0.3, -0.25) is 9.69 Å². The van der Waals surface area contributed by atoms with Crippen molar-refractivity contribution in [3.05, 3.63) is 23.8 Å². The molecule has 1 saturated carbocycles. The van der Waals surface area contributed by atoms with E-state index in [1.54, 1.807) is 4.90 Å². The fraction of sp³-hybridized carbons (Fsp3) is 0.556. The molecule has 1 aliphatic carbocycles. The van der Waals surface area contributed by atoms with Crippen LogP contribution in [0.2, 0.25) is 0 Å². The Morgan fingerprint density at radius 1 is 1.16 bits per heavy atom. The second-order valence-corrected chi connectivity index (χ2v) is 7.07. The Morgan fingerprint density at radius 2 is 1.92 bits per heavy atom. The zero-order valence-corrected chi connectivity index (χ0v) is 14.9. The van der Waals surface area contributed by atoms with Crippen LogP contribution in [0.4, 0.5) is 16.2 Å². The maximum Gasteiger partial charge on any atom is 0.414 e. The molecule has 2 amide bonds. The molecular formula is C18H24ClN3O3. The van der Waals surface area contributed by atoms with Crippen LogP contribution in [0.5, 0.6) is 0 Å². The smallest absolute Gasteiger partial charge is 0.414 e. The third-order valence-corrected chi connectivity index (χ3v) is 5.57. The summed E-state index contributed by atoms with van der Waals surface area (Å²) < 4.78 is 5.00. The summed E-state index contributed by atoms with van der Waals surface area (Å²) in [5.74, 6) is 0.821. The monoisotopic (exact) mass is 365 g/mol. The number of halogens is 1. The first-order valence-corrected chi connectivity index (χ1v) is 8.75. The molecule has 0 aromatic heterocycles. The normalized spacial score (nSPS) is 28.7. The lowest BCUT2D eigenvalue weighted by Gasteiger charge is -2.36. The maximum atomic E-state index is 12.2. The summed E-state index contributed by atoms with van der Waals surface area (Å²) in [6.07, 6.45) is 4.45. The van der Waals surface area contributed by atoms with Crippen molar-refractivity contribution in [1.29, 1.82) is 0 Å². The average molecular weight is 366 g/mol. The van der Waals surface area contributed by atoms with Gasteiger partial charge in [0.15, 0.2) is 0 Å². The van der Waals surface area contributed by atoms with Crippen LogP contribution in [0.25, 0.3) is 0 Å². The van der Waals surface area contributed by atoms with Gasteiger partial charge in [-0.05, 0) is 55.2 Å². The number of rotatable bonds is 2. The number of anilines is 2. The minimum atomic E-state index is -0.324. The van der Waals surface area contributed by atoms with E-state index in [0.717, 1.165) is 37.1 Å². The molecule has 3 N–H and O–H groups in total. The van der Waals surface area contributed by atoms with Gasteiger partial charge in [0.25, 0.3) is 0 Å². The lowest BCUT2D eigenvalue weighted by atomic mass is 9.72. The number of ether oxygens (including phenoxy) is 1. The van der Waals surface area contributed by atoms with Crippen molar-refractivity contribution in [1.82, 2.24) is 0 Å². The molecule has 0 bridgehead atoms. The van der Waals surface area contributed by atoms with Crippen LogP contribution in [0, 0.1) is 5.92 Å². The molecule has 6 nitrogen and oxygen atoms in total. The van der Waals surface area contributed by atoms with E-state index in [9.17, 15) is 9.59 Å². The van der Waals surface area contributed by atoms with E-state index < -0.39 is 0 Å². The van der Waals surface area contributed by atoms with Gasteiger partial charge in [-0.2, -0.15) is 0 Å². The van der Waals surface area contributed by atoms with Crippen LogP contribution in [0.3, 0.4) is 0 Å². The quantitative estimate of drug-likeness (QED) is 0.843. The Balaban J connectivity index is 0.00000182. The first-order valence-electron chi connectivity index (χ1n) is 8.75. The number of hydrogen-bond donors (Lipinski definition) is 2. The molecule has 25 heavy (non-hydrogen) atoms. The highest BCUT2D eigenvalue weighted by Crippen LogP contribution is 2.44. The molecule has 0 radical (unpaired) electrons. The molecule has 4 rings (SSSR count). The van der Waals surface area contributed by atoms with Gasteiger partial charge in [-0.15, -0.1) is 12.4 Å². The number of amides is 2. The minimum Gasteiger partial charge on any atom is -0.447 e. The van der Waals surface area contributed by atoms with Crippen LogP contribution in [0.15, 0.2) is 18.2 Å². The number of benzene rings is 1. The lowest BCUT2D eigenvalue weighted by Crippen LogP contribution is -2.33. The topological polar surface area (TPSA) is 84.7 Å². The van der Waals surface area contributed by atoms with Crippen molar-refractivity contribution in [3.63, 3.8) is 0 Å². The van der Waals surface area contributed by atoms with E-state index in [2.05, 4.69) is 11.4 Å². The highest BCUT2D eigenvalue weighted by molar-refractivity contribution is 5.97. The van der Waals surface area contributed by atoms with E-state index in [-0.39, 0.29) is 30.3 Å². The zero-order chi connectivity index (χ0) is 16.7. The maximum absolute atomic E-state index is 12.2. The van der Waals surface area contributed by atoms with Gasteiger partial charge < -0.3 is 15.8 Å². The Hall–Kier alpha value is -1.79. The Bertz CT molecular complexity index is 674. The molecule has 1 atom stereocenters. The van der Waals surface area contributed by atoms with E-state index in [4.69, 9.17) is 10.5 Å². The van der Waals surface area contributed by atoms with Crippen molar-refractivity contribution in [2.45, 2.75) is 44.1 Å². The van der Waals surface area contributed by atoms with Crippen molar-refractivity contribution in [3.8, 4) is 0 Å². The van der Waals surface area contributed by atoms with Crippen LogP contribution >= 0.6 is 12.4 Å². The molecule has 2 aliphatic heterocycles. The highest BCUT2D eigenvalue weighted by atomic mass is 35.5. The Labute approximate surface area is 153 Å². The first kappa shape index (κ1) is 18.0. The fourth-order valence-electron chi connectivity index (χ4n) is 4.25. The Kier molecular flexibility index (Phi) is 5.20. The summed E-state index contributed by atoms with van der Waals surface area (Å²) >= 11 is 0. The molecule has 0 spiro atoms. The van der Waals surface area contributed by atoms with E-state index in [1.165, 1.54) is 5.56 Å². The second-order valence-electron chi connectivity index (χ2n) is 7.07. The summed E-state index contributed by atoms with van der Waals surface area (Å²) in [5, 5.41) is 2.97. The lowest BCUT2D eigenvalue weighted by molar-refractivity contribution is -0.117. The van der Waals surface area contributed by atoms with Gasteiger partial charge in [0.05, 0.1) is 6.54 Å². The molecule has 2 fully saturated rings. The average Bonchev–Trinajstić information content (AvgIpc) is 3.00. The zero-order valence-electron chi connectivity index (χ0n) is 14.1. The number of nitrogens with one attached hydrogen (secondary N) is 1. The van der Waals surface area contributed by atoms with E-state index in [1.807, 2.05) is 12.1 Å². The van der Waals surface area contributed by atoms with Gasteiger partial charge in [-0.1, -0.05) is 6.07 Å². The highest BCUT2D eigenvalue weighted by Gasteiger charge is 2.34. The molecule has 1 saturated heterocycles. The molecule has 1 aromatic carbocycles. The third kappa shape index (κ3) is 3.46. The number of nitrogens with zero attached hydrogens (tertiary/aromatic N) is 1.